The van der Waals surface area contributed by atoms with E-state index in [0.29, 0.717) is 40.1 Å². The van der Waals surface area contributed by atoms with E-state index in [9.17, 15) is 10.1 Å². The SMILES string of the molecule is CC(C)(C)[C@H]1CCc2c(sc(N=Cc3ccc(OCc4ccccc4C#N)cc3)c2C(=O)Nc2ccc(Cl)cc2)C1. The summed E-state index contributed by atoms with van der Waals surface area (Å²) >= 11 is 7.66. The number of anilines is 1. The van der Waals surface area contributed by atoms with Gasteiger partial charge >= 0.3 is 0 Å². The highest BCUT2D eigenvalue weighted by atomic mass is 35.5. The van der Waals surface area contributed by atoms with Gasteiger partial charge in [-0.2, -0.15) is 5.26 Å². The predicted octanol–water partition coefficient (Wildman–Crippen LogP) is 9.01. The van der Waals surface area contributed by atoms with E-state index in [1.165, 1.54) is 4.88 Å². The summed E-state index contributed by atoms with van der Waals surface area (Å²) in [6, 6.07) is 24.4. The first-order valence-electron chi connectivity index (χ1n) is 13.7. The molecular formula is C34H32ClN3O2S. The smallest absolute Gasteiger partial charge is 0.259 e. The van der Waals surface area contributed by atoms with Crippen LogP contribution >= 0.6 is 22.9 Å². The van der Waals surface area contributed by atoms with Crippen LogP contribution in [0.3, 0.4) is 0 Å². The third-order valence-corrected chi connectivity index (χ3v) is 8.96. The Hall–Kier alpha value is -3.92. The van der Waals surface area contributed by atoms with E-state index >= 15 is 0 Å². The number of rotatable bonds is 7. The molecule has 1 atom stereocenters. The van der Waals surface area contributed by atoms with Crippen LogP contribution in [-0.2, 0) is 19.4 Å². The average molecular weight is 582 g/mol. The lowest BCUT2D eigenvalue weighted by atomic mass is 9.72. The van der Waals surface area contributed by atoms with E-state index in [-0.39, 0.29) is 11.3 Å². The predicted molar refractivity (Wildman–Crippen MR) is 168 cm³/mol. The van der Waals surface area contributed by atoms with Crippen molar-refractivity contribution < 1.29 is 9.53 Å². The van der Waals surface area contributed by atoms with Gasteiger partial charge in [0.05, 0.1) is 17.2 Å². The van der Waals surface area contributed by atoms with Crippen LogP contribution in [0.4, 0.5) is 10.7 Å². The zero-order valence-corrected chi connectivity index (χ0v) is 25.0. The molecule has 0 unspecified atom stereocenters. The van der Waals surface area contributed by atoms with Gasteiger partial charge in [-0.3, -0.25) is 4.79 Å². The van der Waals surface area contributed by atoms with Gasteiger partial charge in [0.15, 0.2) is 0 Å². The van der Waals surface area contributed by atoms with Crippen molar-refractivity contribution in [2.24, 2.45) is 16.3 Å². The summed E-state index contributed by atoms with van der Waals surface area (Å²) in [5, 5.41) is 13.7. The Morgan fingerprint density at radius 3 is 2.56 bits per heavy atom. The molecule has 5 nitrogen and oxygen atoms in total. The minimum Gasteiger partial charge on any atom is -0.489 e. The number of carbonyl (C=O) groups excluding carboxylic acids is 1. The summed E-state index contributed by atoms with van der Waals surface area (Å²) in [6.07, 6.45) is 4.68. The summed E-state index contributed by atoms with van der Waals surface area (Å²) in [7, 11) is 0. The number of thiophene rings is 1. The molecule has 1 N–H and O–H groups in total. The van der Waals surface area contributed by atoms with Crippen molar-refractivity contribution in [3.8, 4) is 11.8 Å². The van der Waals surface area contributed by atoms with Gasteiger partial charge in [-0.25, -0.2) is 4.99 Å². The molecule has 1 amide bonds. The fourth-order valence-corrected chi connectivity index (χ4v) is 6.46. The normalized spacial score (nSPS) is 14.9. The highest BCUT2D eigenvalue weighted by Gasteiger charge is 2.33. The summed E-state index contributed by atoms with van der Waals surface area (Å²) in [5.74, 6) is 1.12. The molecule has 0 radical (unpaired) electrons. The number of nitriles is 1. The largest absolute Gasteiger partial charge is 0.489 e. The fourth-order valence-electron chi connectivity index (χ4n) is 5.06. The second-order valence-corrected chi connectivity index (χ2v) is 12.9. The molecule has 0 saturated carbocycles. The van der Waals surface area contributed by atoms with Gasteiger partial charge in [-0.15, -0.1) is 11.3 Å². The first kappa shape index (κ1) is 28.6. The number of fused-ring (bicyclic) bond motifs is 1. The zero-order valence-electron chi connectivity index (χ0n) is 23.4. The monoisotopic (exact) mass is 581 g/mol. The van der Waals surface area contributed by atoms with Gasteiger partial charge in [0.2, 0.25) is 0 Å². The van der Waals surface area contributed by atoms with Crippen LogP contribution in [0.5, 0.6) is 5.75 Å². The molecule has 0 aliphatic heterocycles. The van der Waals surface area contributed by atoms with Crippen molar-refractivity contribution in [1.82, 2.24) is 0 Å². The minimum absolute atomic E-state index is 0.146. The van der Waals surface area contributed by atoms with Crippen molar-refractivity contribution in [3.63, 3.8) is 0 Å². The van der Waals surface area contributed by atoms with Crippen LogP contribution in [0, 0.1) is 22.7 Å². The number of nitrogens with zero attached hydrogens (tertiary/aromatic N) is 2. The Kier molecular flexibility index (Phi) is 8.58. The number of halogens is 1. The number of ether oxygens (including phenoxy) is 1. The molecular weight excluding hydrogens is 550 g/mol. The molecule has 3 aromatic carbocycles. The number of amides is 1. The average Bonchev–Trinajstić information content (AvgIpc) is 3.34. The van der Waals surface area contributed by atoms with E-state index in [1.54, 1.807) is 47.9 Å². The van der Waals surface area contributed by atoms with Crippen LogP contribution in [0.1, 0.15) is 64.7 Å². The summed E-state index contributed by atoms with van der Waals surface area (Å²) in [6.45, 7) is 7.19. The van der Waals surface area contributed by atoms with Gasteiger partial charge in [0, 0.05) is 27.4 Å². The van der Waals surface area contributed by atoms with Crippen molar-refractivity contribution in [1.29, 1.82) is 5.26 Å². The Morgan fingerprint density at radius 2 is 1.85 bits per heavy atom. The van der Waals surface area contributed by atoms with Gasteiger partial charge < -0.3 is 10.1 Å². The first-order chi connectivity index (χ1) is 19.7. The molecule has 0 fully saturated rings. The minimum atomic E-state index is -0.146. The molecule has 41 heavy (non-hydrogen) atoms. The maximum absolute atomic E-state index is 13.6. The summed E-state index contributed by atoms with van der Waals surface area (Å²) in [4.78, 5) is 19.7. The maximum Gasteiger partial charge on any atom is 0.259 e. The summed E-state index contributed by atoms with van der Waals surface area (Å²) < 4.78 is 5.90. The quantitative estimate of drug-likeness (QED) is 0.221. The standard InChI is InChI=1S/C34H32ClN3O2S/c1-34(2,3)25-10-17-29-30(18-25)41-33(31(29)32(39)38-27-13-11-26(35)12-14-27)37-20-22-8-15-28(16-9-22)40-21-24-7-5-4-6-23(24)19-36/h4-9,11-16,20,25H,10,17-18,21H2,1-3H3,(H,38,39)/t25-/m0/s1. The number of carbonyl (C=O) groups is 1. The Labute approximate surface area is 250 Å². The first-order valence-corrected chi connectivity index (χ1v) is 14.9. The van der Waals surface area contributed by atoms with Crippen LogP contribution in [0.2, 0.25) is 5.02 Å². The number of aliphatic imine (C=N–C) groups is 1. The number of hydrogen-bond acceptors (Lipinski definition) is 5. The van der Waals surface area contributed by atoms with Crippen molar-refractivity contribution >= 4 is 45.7 Å². The van der Waals surface area contributed by atoms with Gasteiger partial charge in [-0.05, 0) is 96.3 Å². The number of nitrogens with one attached hydrogen (secondary N) is 1. The van der Waals surface area contributed by atoms with Crippen molar-refractivity contribution in [2.75, 3.05) is 5.32 Å². The Bertz CT molecular complexity index is 1610. The van der Waals surface area contributed by atoms with E-state index < -0.39 is 0 Å². The highest BCUT2D eigenvalue weighted by molar-refractivity contribution is 7.16. The summed E-state index contributed by atoms with van der Waals surface area (Å²) in [5.41, 5.74) is 5.05. The van der Waals surface area contributed by atoms with Gasteiger partial charge in [-0.1, -0.05) is 50.6 Å². The van der Waals surface area contributed by atoms with Crippen LogP contribution in [-0.4, -0.2) is 12.1 Å². The van der Waals surface area contributed by atoms with E-state index in [4.69, 9.17) is 21.3 Å². The third kappa shape index (κ3) is 6.87. The lowest BCUT2D eigenvalue weighted by Gasteiger charge is -2.33. The van der Waals surface area contributed by atoms with Crippen LogP contribution in [0.25, 0.3) is 0 Å². The second-order valence-electron chi connectivity index (χ2n) is 11.3. The second kappa shape index (κ2) is 12.3. The topological polar surface area (TPSA) is 74.5 Å². The maximum atomic E-state index is 13.6. The van der Waals surface area contributed by atoms with Gasteiger partial charge in [0.25, 0.3) is 5.91 Å². The number of benzene rings is 3. The van der Waals surface area contributed by atoms with E-state index in [2.05, 4.69) is 32.2 Å². The molecule has 4 aromatic rings. The molecule has 1 heterocycles. The highest BCUT2D eigenvalue weighted by Crippen LogP contribution is 2.45. The molecule has 0 bridgehead atoms. The van der Waals surface area contributed by atoms with Crippen molar-refractivity contribution in [3.05, 3.63) is 111 Å². The molecule has 1 aromatic heterocycles. The molecule has 1 aliphatic carbocycles. The van der Waals surface area contributed by atoms with Crippen LogP contribution < -0.4 is 10.1 Å². The molecule has 5 rings (SSSR count). The fraction of sp³-hybridized carbons (Fsp3) is 0.265. The molecule has 7 heteroatoms. The lowest BCUT2D eigenvalue weighted by Crippen LogP contribution is -2.27. The molecule has 1 aliphatic rings. The molecule has 208 valence electrons. The van der Waals surface area contributed by atoms with Gasteiger partial charge in [0.1, 0.15) is 17.4 Å². The van der Waals surface area contributed by atoms with Crippen LogP contribution in [0.15, 0.2) is 77.8 Å². The van der Waals surface area contributed by atoms with E-state index in [1.807, 2.05) is 42.5 Å². The zero-order chi connectivity index (χ0) is 29.0. The Morgan fingerprint density at radius 1 is 1.12 bits per heavy atom. The van der Waals surface area contributed by atoms with Crippen molar-refractivity contribution in [2.45, 2.75) is 46.6 Å². The number of hydrogen-bond donors (Lipinski definition) is 1. The Balaban J connectivity index is 1.36. The third-order valence-electron chi connectivity index (χ3n) is 7.54. The lowest BCUT2D eigenvalue weighted by molar-refractivity contribution is 0.102. The molecule has 0 spiro atoms. The van der Waals surface area contributed by atoms with E-state index in [0.717, 1.165) is 41.0 Å². The molecule has 0 saturated heterocycles.